The molecule has 0 atom stereocenters. The lowest BCUT2D eigenvalue weighted by atomic mass is 10.3. The van der Waals surface area contributed by atoms with Crippen molar-refractivity contribution < 1.29 is 57.4 Å². The number of hydrogen-bond acceptors (Lipinski definition) is 4. The lowest BCUT2D eigenvalue weighted by Gasteiger charge is -2.19. The Bertz CT molecular complexity index is 745. The van der Waals surface area contributed by atoms with Crippen LogP contribution in [0.25, 0.3) is 0 Å². The maximum atomic E-state index is 11.3. The van der Waals surface area contributed by atoms with Gasteiger partial charge in [-0.3, -0.25) is 18.3 Å². The van der Waals surface area contributed by atoms with Gasteiger partial charge in [-0.15, -0.1) is 0 Å². The van der Waals surface area contributed by atoms with E-state index in [1.54, 1.807) is 0 Å². The molecule has 1 rings (SSSR count). The van der Waals surface area contributed by atoms with E-state index in [0.717, 1.165) is 0 Å². The predicted molar refractivity (Wildman–Crippen MR) is 73.2 cm³/mol. The van der Waals surface area contributed by atoms with E-state index in [1.807, 2.05) is 0 Å². The summed E-state index contributed by atoms with van der Waals surface area (Å²) in [6.45, 7) is 0. The fourth-order valence-corrected chi connectivity index (χ4v) is 6.08. The van der Waals surface area contributed by atoms with Gasteiger partial charge >= 0.3 is 30.4 Å². The maximum absolute atomic E-state index is 11.3. The number of hydrogen-bond donors (Lipinski definition) is 8. The van der Waals surface area contributed by atoms with Crippen LogP contribution in [0.1, 0.15) is 0 Å². The molecule has 1 aromatic carbocycles. The second-order valence-electron chi connectivity index (χ2n) is 4.01. The topological polar surface area (TPSA) is 230 Å². The van der Waals surface area contributed by atoms with Crippen LogP contribution >= 0.6 is 30.4 Å². The van der Waals surface area contributed by atoms with E-state index >= 15 is 0 Å². The largest absolute Gasteiger partial charge is 0.358 e. The van der Waals surface area contributed by atoms with Crippen LogP contribution in [0.5, 0.6) is 0 Å². The highest BCUT2D eigenvalue weighted by molar-refractivity contribution is 7.71. The van der Waals surface area contributed by atoms with Crippen LogP contribution in [0.2, 0.25) is 0 Å². The Morgan fingerprint density at radius 1 is 0.545 bits per heavy atom. The van der Waals surface area contributed by atoms with Crippen LogP contribution in [0, 0.1) is 0 Å². The average molecular weight is 398 g/mol. The highest BCUT2D eigenvalue weighted by Crippen LogP contribution is 2.45. The summed E-state index contributed by atoms with van der Waals surface area (Å²) < 4.78 is 45.1. The minimum Gasteiger partial charge on any atom is -0.321 e. The first-order valence-electron chi connectivity index (χ1n) is 4.88. The Hall–Kier alpha value is -0.180. The Morgan fingerprint density at radius 2 is 0.864 bits per heavy atom. The van der Waals surface area contributed by atoms with E-state index in [2.05, 4.69) is 0 Å². The summed E-state index contributed by atoms with van der Waals surface area (Å²) in [6.07, 6.45) is 0. The van der Waals surface area contributed by atoms with Crippen LogP contribution in [0.3, 0.4) is 0 Å². The van der Waals surface area contributed by atoms with Crippen molar-refractivity contribution in [3.63, 3.8) is 0 Å². The Kier molecular flexibility index (Phi) is 5.16. The van der Waals surface area contributed by atoms with Gasteiger partial charge in [-0.1, -0.05) is 0 Å². The normalized spacial score (nSPS) is 14.2. The monoisotopic (exact) mass is 398 g/mol. The smallest absolute Gasteiger partial charge is 0.321 e. The standard InChI is InChI=1S/C6H10O12P4/c7-19(8,9)3-1-4(20(10,11)12)6(22(16,17)18)5(2-3)21(13,14)15/h1-2H,(H2,7,8,9)(H2,10,11,12)(H2,13,14,15)(H2,16,17,18). The first kappa shape index (κ1) is 19.9. The van der Waals surface area contributed by atoms with Crippen LogP contribution in [-0.4, -0.2) is 39.1 Å². The van der Waals surface area contributed by atoms with Gasteiger partial charge in [-0.05, 0) is 12.1 Å². The number of benzene rings is 1. The molecule has 1 aromatic rings. The molecule has 8 N–H and O–H groups in total. The zero-order valence-corrected chi connectivity index (χ0v) is 13.7. The molecular formula is C6H10O12P4. The summed E-state index contributed by atoms with van der Waals surface area (Å²) in [4.78, 5) is 72.5. The van der Waals surface area contributed by atoms with Gasteiger partial charge in [-0.2, -0.15) is 0 Å². The summed E-state index contributed by atoms with van der Waals surface area (Å²) in [6, 6.07) is 0.213. The first-order chi connectivity index (χ1) is 9.45. The summed E-state index contributed by atoms with van der Waals surface area (Å²) in [5.74, 6) is 0. The fraction of sp³-hybridized carbons (Fsp3) is 0. The molecule has 126 valence electrons. The van der Waals surface area contributed by atoms with Gasteiger partial charge in [-0.25, -0.2) is 0 Å². The van der Waals surface area contributed by atoms with Crippen molar-refractivity contribution in [1.82, 2.24) is 0 Å². The van der Waals surface area contributed by atoms with Gasteiger partial charge in [0.15, 0.2) is 0 Å². The third kappa shape index (κ3) is 4.43. The van der Waals surface area contributed by atoms with Crippen molar-refractivity contribution >= 4 is 51.6 Å². The van der Waals surface area contributed by atoms with E-state index in [-0.39, 0.29) is 12.1 Å². The van der Waals surface area contributed by atoms with Gasteiger partial charge in [0, 0.05) is 0 Å². The van der Waals surface area contributed by atoms with Crippen molar-refractivity contribution in [2.75, 3.05) is 0 Å². The highest BCUT2D eigenvalue weighted by atomic mass is 31.2. The van der Waals surface area contributed by atoms with Crippen molar-refractivity contribution in [2.45, 2.75) is 0 Å². The quantitative estimate of drug-likeness (QED) is 0.236. The SMILES string of the molecule is O=P(O)(O)c1cc(P(=O)(O)O)c(P(=O)(O)O)c(P(=O)(O)O)c1. The van der Waals surface area contributed by atoms with E-state index in [4.69, 9.17) is 39.1 Å². The van der Waals surface area contributed by atoms with Gasteiger partial charge < -0.3 is 39.1 Å². The minimum absolute atomic E-state index is 0.106. The molecule has 0 spiro atoms. The molecular weight excluding hydrogens is 388 g/mol. The molecule has 12 nitrogen and oxygen atoms in total. The molecule has 0 radical (unpaired) electrons. The molecule has 0 saturated carbocycles. The van der Waals surface area contributed by atoms with E-state index < -0.39 is 51.6 Å². The second kappa shape index (κ2) is 5.72. The molecule has 0 aliphatic rings. The zero-order valence-electron chi connectivity index (χ0n) is 10.2. The Balaban J connectivity index is 4.14. The van der Waals surface area contributed by atoms with Crippen LogP contribution < -0.4 is 21.2 Å². The highest BCUT2D eigenvalue weighted by Gasteiger charge is 2.40. The van der Waals surface area contributed by atoms with Crippen molar-refractivity contribution in [2.24, 2.45) is 0 Å². The van der Waals surface area contributed by atoms with E-state index in [0.29, 0.717) is 0 Å². The third-order valence-electron chi connectivity index (χ3n) is 2.31. The molecule has 16 heteroatoms. The molecule has 0 fully saturated rings. The van der Waals surface area contributed by atoms with Crippen molar-refractivity contribution in [3.05, 3.63) is 12.1 Å². The molecule has 0 amide bonds. The zero-order chi connectivity index (χ0) is 17.7. The van der Waals surface area contributed by atoms with Gasteiger partial charge in [0.25, 0.3) is 0 Å². The van der Waals surface area contributed by atoms with Gasteiger partial charge in [0.2, 0.25) is 0 Å². The van der Waals surface area contributed by atoms with Gasteiger partial charge in [0.05, 0.1) is 21.2 Å². The van der Waals surface area contributed by atoms with Crippen LogP contribution in [0.4, 0.5) is 0 Å². The lowest BCUT2D eigenvalue weighted by Crippen LogP contribution is -2.40. The summed E-state index contributed by atoms with van der Waals surface area (Å²) in [7, 11) is -21.9. The Morgan fingerprint density at radius 3 is 1.05 bits per heavy atom. The molecule has 0 aliphatic carbocycles. The molecule has 0 unspecified atom stereocenters. The minimum atomic E-state index is -5.60. The third-order valence-corrected chi connectivity index (χ3v) is 6.62. The van der Waals surface area contributed by atoms with Crippen LogP contribution in [0.15, 0.2) is 12.1 Å². The summed E-state index contributed by atoms with van der Waals surface area (Å²) in [5, 5.41) is -6.01. The van der Waals surface area contributed by atoms with Crippen molar-refractivity contribution in [1.29, 1.82) is 0 Å². The molecule has 0 saturated heterocycles. The maximum Gasteiger partial charge on any atom is 0.358 e. The molecule has 0 bridgehead atoms. The lowest BCUT2D eigenvalue weighted by molar-refractivity contribution is 0.379. The van der Waals surface area contributed by atoms with Gasteiger partial charge in [0.1, 0.15) is 0 Å². The number of rotatable bonds is 4. The molecule has 0 aromatic heterocycles. The second-order valence-corrected chi connectivity index (χ2v) is 10.3. The predicted octanol–water partition coefficient (Wildman–Crippen LogP) is -3.10. The van der Waals surface area contributed by atoms with Crippen molar-refractivity contribution in [3.8, 4) is 0 Å². The van der Waals surface area contributed by atoms with E-state index in [1.165, 1.54) is 0 Å². The van der Waals surface area contributed by atoms with E-state index in [9.17, 15) is 18.3 Å². The Labute approximate surface area is 122 Å². The fourth-order valence-electron chi connectivity index (χ4n) is 1.50. The molecule has 22 heavy (non-hydrogen) atoms. The molecule has 0 heterocycles. The summed E-state index contributed by atoms with van der Waals surface area (Å²) >= 11 is 0. The van der Waals surface area contributed by atoms with Crippen LogP contribution in [-0.2, 0) is 18.3 Å². The molecule has 0 aliphatic heterocycles. The summed E-state index contributed by atoms with van der Waals surface area (Å²) in [5.41, 5.74) is 0. The first-order valence-corrected chi connectivity index (χ1v) is 11.3. The average Bonchev–Trinajstić information content (AvgIpc) is 2.22.